The Morgan fingerprint density at radius 3 is 2.39 bits per heavy atom. The van der Waals surface area contributed by atoms with Crippen LogP contribution in [-0.2, 0) is 11.2 Å². The van der Waals surface area contributed by atoms with Crippen LogP contribution in [0.3, 0.4) is 0 Å². The molecular formula is C16H19NO. The molecule has 1 aliphatic rings. The normalized spacial score (nSPS) is 19.8. The Morgan fingerprint density at radius 1 is 1.17 bits per heavy atom. The van der Waals surface area contributed by atoms with Crippen LogP contribution in [0, 0.1) is 11.3 Å². The third-order valence-corrected chi connectivity index (χ3v) is 3.16. The molecule has 1 aromatic rings. The van der Waals surface area contributed by atoms with E-state index < -0.39 is 0 Å². The first-order valence-corrected chi connectivity index (χ1v) is 6.30. The molecule has 0 bridgehead atoms. The topological polar surface area (TPSA) is 29.4 Å². The average molecular weight is 241 g/mol. The molecule has 1 aliphatic heterocycles. The number of benzene rings is 1. The first-order chi connectivity index (χ1) is 8.47. The minimum atomic E-state index is -0.1000. The van der Waals surface area contributed by atoms with Crippen molar-refractivity contribution in [3.05, 3.63) is 48.0 Å². The van der Waals surface area contributed by atoms with Crippen molar-refractivity contribution in [3.8, 4) is 0 Å². The molecule has 0 fully saturated rings. The molecule has 18 heavy (non-hydrogen) atoms. The highest BCUT2D eigenvalue weighted by Gasteiger charge is 2.30. The Morgan fingerprint density at radius 2 is 1.83 bits per heavy atom. The Kier molecular flexibility index (Phi) is 3.46. The van der Waals surface area contributed by atoms with Crippen LogP contribution in [-0.4, -0.2) is 11.6 Å². The minimum Gasteiger partial charge on any atom is -0.272 e. The minimum absolute atomic E-state index is 0.0177. The van der Waals surface area contributed by atoms with Gasteiger partial charge in [0, 0.05) is 12.1 Å². The summed E-state index contributed by atoms with van der Waals surface area (Å²) in [4.78, 5) is 16.2. The molecule has 94 valence electrons. The van der Waals surface area contributed by atoms with E-state index >= 15 is 0 Å². The summed E-state index contributed by atoms with van der Waals surface area (Å²) >= 11 is 0. The number of allylic oxidation sites excluding steroid dienone is 1. The second-order valence-corrected chi connectivity index (χ2v) is 5.81. The molecule has 2 rings (SSSR count). The largest absolute Gasteiger partial charge is 0.272 e. The lowest BCUT2D eigenvalue weighted by Gasteiger charge is -2.27. The molecule has 2 heteroatoms. The zero-order valence-electron chi connectivity index (χ0n) is 11.2. The second-order valence-electron chi connectivity index (χ2n) is 5.81. The van der Waals surface area contributed by atoms with Crippen LogP contribution in [0.4, 0.5) is 0 Å². The highest BCUT2D eigenvalue weighted by atomic mass is 16.1. The van der Waals surface area contributed by atoms with Gasteiger partial charge in [0.2, 0.25) is 0 Å². The van der Waals surface area contributed by atoms with Crippen LogP contribution >= 0.6 is 0 Å². The number of dihydropyridines is 1. The lowest BCUT2D eigenvalue weighted by Crippen LogP contribution is -2.29. The van der Waals surface area contributed by atoms with Gasteiger partial charge in [0.1, 0.15) is 0 Å². The van der Waals surface area contributed by atoms with E-state index in [2.05, 4.69) is 37.9 Å². The molecular weight excluding hydrogens is 222 g/mol. The first-order valence-electron chi connectivity index (χ1n) is 6.30. The van der Waals surface area contributed by atoms with Crippen molar-refractivity contribution >= 4 is 11.6 Å². The van der Waals surface area contributed by atoms with Crippen molar-refractivity contribution < 1.29 is 4.79 Å². The van der Waals surface area contributed by atoms with Crippen molar-refractivity contribution in [2.24, 2.45) is 16.3 Å². The van der Waals surface area contributed by atoms with Crippen LogP contribution in [0.2, 0.25) is 0 Å². The lowest BCUT2D eigenvalue weighted by molar-refractivity contribution is -0.122. The van der Waals surface area contributed by atoms with E-state index in [1.54, 1.807) is 0 Å². The standard InChI is InChI=1S/C16H19NO/c1-16(2,3)14-10-9-13(17-15(14)18)11-12-7-5-4-6-8-12/h4-10,14H,11H2,1-3H3. The molecule has 0 saturated carbocycles. The maximum absolute atomic E-state index is 12.0. The van der Waals surface area contributed by atoms with Gasteiger partial charge in [-0.25, -0.2) is 4.99 Å². The second kappa shape index (κ2) is 4.89. The van der Waals surface area contributed by atoms with Crippen molar-refractivity contribution in [2.45, 2.75) is 27.2 Å². The van der Waals surface area contributed by atoms with Crippen LogP contribution in [0.1, 0.15) is 26.3 Å². The number of hydrogen-bond acceptors (Lipinski definition) is 1. The summed E-state index contributed by atoms with van der Waals surface area (Å²) in [7, 11) is 0. The zero-order chi connectivity index (χ0) is 13.2. The summed E-state index contributed by atoms with van der Waals surface area (Å²) in [6.07, 6.45) is 4.71. The predicted molar refractivity (Wildman–Crippen MR) is 74.7 cm³/mol. The molecule has 0 aliphatic carbocycles. The van der Waals surface area contributed by atoms with E-state index in [0.29, 0.717) is 0 Å². The highest BCUT2D eigenvalue weighted by Crippen LogP contribution is 2.30. The maximum atomic E-state index is 12.0. The van der Waals surface area contributed by atoms with Gasteiger partial charge in [0.25, 0.3) is 5.91 Å². The number of amides is 1. The van der Waals surface area contributed by atoms with Crippen LogP contribution in [0.5, 0.6) is 0 Å². The van der Waals surface area contributed by atoms with Crippen LogP contribution in [0.25, 0.3) is 0 Å². The maximum Gasteiger partial charge on any atom is 0.253 e. The van der Waals surface area contributed by atoms with Gasteiger partial charge in [-0.15, -0.1) is 0 Å². The summed E-state index contributed by atoms with van der Waals surface area (Å²) in [6.45, 7) is 6.20. The summed E-state index contributed by atoms with van der Waals surface area (Å²) < 4.78 is 0. The fourth-order valence-corrected chi connectivity index (χ4v) is 2.10. The van der Waals surface area contributed by atoms with Crippen molar-refractivity contribution in [1.82, 2.24) is 0 Å². The molecule has 1 atom stereocenters. The number of carbonyl (C=O) groups is 1. The van der Waals surface area contributed by atoms with Gasteiger partial charge >= 0.3 is 0 Å². The first kappa shape index (κ1) is 12.7. The van der Waals surface area contributed by atoms with Crippen molar-refractivity contribution in [3.63, 3.8) is 0 Å². The fourth-order valence-electron chi connectivity index (χ4n) is 2.10. The Hall–Kier alpha value is -1.70. The van der Waals surface area contributed by atoms with E-state index in [-0.39, 0.29) is 17.2 Å². The highest BCUT2D eigenvalue weighted by molar-refractivity contribution is 6.07. The number of nitrogens with zero attached hydrogens (tertiary/aromatic N) is 1. The number of hydrogen-bond donors (Lipinski definition) is 0. The van der Waals surface area contributed by atoms with E-state index in [0.717, 1.165) is 12.1 Å². The Bertz CT molecular complexity index is 492. The summed E-state index contributed by atoms with van der Waals surface area (Å²) in [5.41, 5.74) is 1.98. The molecule has 0 saturated heterocycles. The number of aliphatic imine (C=N–C) groups is 1. The molecule has 2 nitrogen and oxygen atoms in total. The van der Waals surface area contributed by atoms with Gasteiger partial charge in [-0.3, -0.25) is 4.79 Å². The molecule has 1 amide bonds. The van der Waals surface area contributed by atoms with E-state index in [9.17, 15) is 4.79 Å². The molecule has 0 aromatic heterocycles. The molecule has 0 radical (unpaired) electrons. The third-order valence-electron chi connectivity index (χ3n) is 3.16. The SMILES string of the molecule is CC(C)(C)C1C=CC(Cc2ccccc2)=NC1=O. The number of rotatable bonds is 2. The smallest absolute Gasteiger partial charge is 0.253 e. The van der Waals surface area contributed by atoms with Gasteiger partial charge in [0.05, 0.1) is 5.92 Å². The monoisotopic (exact) mass is 241 g/mol. The van der Waals surface area contributed by atoms with Gasteiger partial charge < -0.3 is 0 Å². The average Bonchev–Trinajstić information content (AvgIpc) is 2.28. The van der Waals surface area contributed by atoms with Gasteiger partial charge in [0.15, 0.2) is 0 Å². The van der Waals surface area contributed by atoms with Gasteiger partial charge in [-0.05, 0) is 17.1 Å². The third kappa shape index (κ3) is 2.95. The van der Waals surface area contributed by atoms with E-state index in [1.807, 2.05) is 30.4 Å². The quantitative estimate of drug-likeness (QED) is 0.780. The lowest BCUT2D eigenvalue weighted by atomic mass is 9.79. The molecule has 1 unspecified atom stereocenters. The summed E-state index contributed by atoms with van der Waals surface area (Å²) in [5.74, 6) is -0.118. The summed E-state index contributed by atoms with van der Waals surface area (Å²) in [6, 6.07) is 10.1. The van der Waals surface area contributed by atoms with E-state index in [1.165, 1.54) is 5.56 Å². The summed E-state index contributed by atoms with van der Waals surface area (Å²) in [5, 5.41) is 0. The van der Waals surface area contributed by atoms with E-state index in [4.69, 9.17) is 0 Å². The Labute approximate surface area is 108 Å². The molecule has 1 heterocycles. The molecule has 0 N–H and O–H groups in total. The molecule has 1 aromatic carbocycles. The number of carbonyl (C=O) groups excluding carboxylic acids is 1. The zero-order valence-corrected chi connectivity index (χ0v) is 11.2. The van der Waals surface area contributed by atoms with Crippen LogP contribution in [0.15, 0.2) is 47.5 Å². The van der Waals surface area contributed by atoms with Crippen LogP contribution < -0.4 is 0 Å². The van der Waals surface area contributed by atoms with Crippen molar-refractivity contribution in [2.75, 3.05) is 0 Å². The van der Waals surface area contributed by atoms with Gasteiger partial charge in [-0.2, -0.15) is 0 Å². The fraction of sp³-hybridized carbons (Fsp3) is 0.375. The molecule has 0 spiro atoms. The van der Waals surface area contributed by atoms with Gasteiger partial charge in [-0.1, -0.05) is 57.2 Å². The van der Waals surface area contributed by atoms with Crippen molar-refractivity contribution in [1.29, 1.82) is 0 Å². The Balaban J connectivity index is 2.11. The predicted octanol–water partition coefficient (Wildman–Crippen LogP) is 3.43.